The van der Waals surface area contributed by atoms with E-state index in [1.807, 2.05) is 30.3 Å². The topological polar surface area (TPSA) is 85.1 Å². The van der Waals surface area contributed by atoms with Crippen LogP contribution in [0.15, 0.2) is 48.7 Å². The van der Waals surface area contributed by atoms with E-state index < -0.39 is 10.0 Å². The zero-order chi connectivity index (χ0) is 15.3. The minimum absolute atomic E-state index is 0.146. The number of rotatable bonds is 6. The van der Waals surface area contributed by atoms with Gasteiger partial charge in [0, 0.05) is 18.8 Å². The molecule has 1 aromatic heterocycles. The van der Waals surface area contributed by atoms with Crippen LogP contribution in [-0.4, -0.2) is 19.9 Å². The lowest BCUT2D eigenvalue weighted by atomic mass is 10.1. The number of nitrogens with zero attached hydrogens (tertiary/aromatic N) is 1. The maximum absolute atomic E-state index is 12.0. The molecule has 0 unspecified atom stereocenters. The second-order valence-electron chi connectivity index (χ2n) is 4.61. The second-order valence-corrected chi connectivity index (χ2v) is 6.81. The molecule has 112 valence electrons. The van der Waals surface area contributed by atoms with Gasteiger partial charge in [0.25, 0.3) is 0 Å². The van der Waals surface area contributed by atoms with Crippen molar-refractivity contribution in [3.05, 3.63) is 64.9 Å². The molecule has 0 spiro atoms. The quantitative estimate of drug-likeness (QED) is 0.794. The lowest BCUT2D eigenvalue weighted by Gasteiger charge is -2.13. The van der Waals surface area contributed by atoms with E-state index >= 15 is 0 Å². The van der Waals surface area contributed by atoms with E-state index in [1.54, 1.807) is 12.1 Å². The normalized spacial score (nSPS) is 13.0. The Morgan fingerprint density at radius 2 is 1.90 bits per heavy atom. The van der Waals surface area contributed by atoms with Crippen molar-refractivity contribution in [3.8, 4) is 0 Å². The number of nitrogens with one attached hydrogen (secondary N) is 1. The van der Waals surface area contributed by atoms with Crippen LogP contribution in [0.3, 0.4) is 0 Å². The molecule has 0 bridgehead atoms. The maximum Gasteiger partial charge on any atom is 0.215 e. The molecule has 0 aliphatic carbocycles. The van der Waals surface area contributed by atoms with Gasteiger partial charge in [-0.25, -0.2) is 18.1 Å². The summed E-state index contributed by atoms with van der Waals surface area (Å²) in [6.07, 6.45) is 1.44. The number of sulfonamides is 1. The number of pyridine rings is 1. The predicted molar refractivity (Wildman–Crippen MR) is 83.2 cm³/mol. The van der Waals surface area contributed by atoms with Gasteiger partial charge in [0.05, 0.1) is 5.75 Å². The summed E-state index contributed by atoms with van der Waals surface area (Å²) in [5, 5.41) is 0.329. The number of benzene rings is 1. The number of halogens is 1. The van der Waals surface area contributed by atoms with Gasteiger partial charge in [-0.3, -0.25) is 0 Å². The second kappa shape index (κ2) is 7.00. The number of aromatic nitrogens is 1. The third kappa shape index (κ3) is 5.09. The zero-order valence-electron chi connectivity index (χ0n) is 11.2. The van der Waals surface area contributed by atoms with E-state index in [1.165, 1.54) is 6.20 Å². The number of hydrogen-bond donors (Lipinski definition) is 2. The average molecular weight is 326 g/mol. The zero-order valence-corrected chi connectivity index (χ0v) is 12.8. The van der Waals surface area contributed by atoms with E-state index in [0.29, 0.717) is 10.7 Å². The summed E-state index contributed by atoms with van der Waals surface area (Å²) in [4.78, 5) is 3.85. The third-order valence-electron chi connectivity index (χ3n) is 2.90. The van der Waals surface area contributed by atoms with E-state index in [-0.39, 0.29) is 18.3 Å². The molecule has 3 N–H and O–H groups in total. The SMILES string of the molecule is N[C@@H](CNS(=O)(=O)Cc1ccc(Cl)nc1)c1ccccc1. The Bertz CT molecular complexity index is 675. The fourth-order valence-electron chi connectivity index (χ4n) is 1.80. The van der Waals surface area contributed by atoms with E-state index in [9.17, 15) is 8.42 Å². The smallest absolute Gasteiger partial charge is 0.215 e. The Labute approximate surface area is 129 Å². The minimum Gasteiger partial charge on any atom is -0.323 e. The van der Waals surface area contributed by atoms with Crippen molar-refractivity contribution >= 4 is 21.6 Å². The van der Waals surface area contributed by atoms with E-state index in [4.69, 9.17) is 17.3 Å². The third-order valence-corrected chi connectivity index (χ3v) is 4.44. The summed E-state index contributed by atoms with van der Waals surface area (Å²) in [6, 6.07) is 12.1. The summed E-state index contributed by atoms with van der Waals surface area (Å²) in [5.41, 5.74) is 7.41. The summed E-state index contributed by atoms with van der Waals surface area (Å²) in [7, 11) is -3.46. The monoisotopic (exact) mass is 325 g/mol. The van der Waals surface area contributed by atoms with Gasteiger partial charge in [-0.2, -0.15) is 0 Å². The number of nitrogens with two attached hydrogens (primary N) is 1. The Kier molecular flexibility index (Phi) is 5.30. The van der Waals surface area contributed by atoms with Gasteiger partial charge in [0.2, 0.25) is 10.0 Å². The number of hydrogen-bond acceptors (Lipinski definition) is 4. The molecule has 0 fully saturated rings. The van der Waals surface area contributed by atoms with Crippen LogP contribution in [-0.2, 0) is 15.8 Å². The highest BCUT2D eigenvalue weighted by molar-refractivity contribution is 7.88. The Hall–Kier alpha value is -1.47. The van der Waals surface area contributed by atoms with Crippen molar-refractivity contribution in [2.75, 3.05) is 6.54 Å². The van der Waals surface area contributed by atoms with Crippen LogP contribution < -0.4 is 10.5 Å². The highest BCUT2D eigenvalue weighted by Gasteiger charge is 2.14. The Balaban J connectivity index is 1.94. The summed E-state index contributed by atoms with van der Waals surface area (Å²) in [6.45, 7) is 0.146. The molecule has 1 aromatic carbocycles. The summed E-state index contributed by atoms with van der Waals surface area (Å²) in [5.74, 6) is -0.154. The van der Waals surface area contributed by atoms with Crippen molar-refractivity contribution in [2.45, 2.75) is 11.8 Å². The van der Waals surface area contributed by atoms with Crippen LogP contribution in [0.1, 0.15) is 17.2 Å². The van der Waals surface area contributed by atoms with E-state index in [2.05, 4.69) is 9.71 Å². The van der Waals surface area contributed by atoms with Gasteiger partial charge < -0.3 is 5.73 Å². The molecule has 7 heteroatoms. The first kappa shape index (κ1) is 15.9. The molecule has 0 saturated carbocycles. The molecule has 0 aliphatic heterocycles. The highest BCUT2D eigenvalue weighted by Crippen LogP contribution is 2.11. The average Bonchev–Trinajstić information content (AvgIpc) is 2.48. The standard InChI is InChI=1S/C14H16ClN3O2S/c15-14-7-6-11(8-17-14)10-21(19,20)18-9-13(16)12-4-2-1-3-5-12/h1-8,13,18H,9-10,16H2/t13-/m0/s1. The molecule has 5 nitrogen and oxygen atoms in total. The van der Waals surface area contributed by atoms with Gasteiger partial charge >= 0.3 is 0 Å². The minimum atomic E-state index is -3.46. The highest BCUT2D eigenvalue weighted by atomic mass is 35.5. The van der Waals surface area contributed by atoms with Crippen molar-refractivity contribution in [3.63, 3.8) is 0 Å². The Morgan fingerprint density at radius 3 is 2.52 bits per heavy atom. The van der Waals surface area contributed by atoms with Gasteiger partial charge in [-0.05, 0) is 17.2 Å². The molecule has 2 aromatic rings. The van der Waals surface area contributed by atoms with Crippen LogP contribution in [0, 0.1) is 0 Å². The Morgan fingerprint density at radius 1 is 1.19 bits per heavy atom. The predicted octanol–water partition coefficient (Wildman–Crippen LogP) is 1.85. The van der Waals surface area contributed by atoms with Crippen molar-refractivity contribution in [1.29, 1.82) is 0 Å². The molecule has 0 saturated heterocycles. The van der Waals surface area contributed by atoms with E-state index in [0.717, 1.165) is 5.56 Å². The molecule has 1 atom stereocenters. The van der Waals surface area contributed by atoms with Crippen LogP contribution in [0.4, 0.5) is 0 Å². The van der Waals surface area contributed by atoms with Crippen molar-refractivity contribution in [1.82, 2.24) is 9.71 Å². The molecule has 0 aliphatic rings. The van der Waals surface area contributed by atoms with Crippen molar-refractivity contribution in [2.24, 2.45) is 5.73 Å². The fourth-order valence-corrected chi connectivity index (χ4v) is 3.05. The fraction of sp³-hybridized carbons (Fsp3) is 0.214. The first-order valence-corrected chi connectivity index (χ1v) is 8.37. The van der Waals surface area contributed by atoms with Crippen LogP contribution in [0.25, 0.3) is 0 Å². The molecular weight excluding hydrogens is 310 g/mol. The van der Waals surface area contributed by atoms with Gasteiger partial charge in [0.15, 0.2) is 0 Å². The summed E-state index contributed by atoms with van der Waals surface area (Å²) < 4.78 is 26.5. The van der Waals surface area contributed by atoms with Gasteiger partial charge in [-0.15, -0.1) is 0 Å². The molecule has 1 heterocycles. The lowest BCUT2D eigenvalue weighted by Crippen LogP contribution is -2.32. The molecule has 2 rings (SSSR count). The first-order chi connectivity index (χ1) is 9.96. The van der Waals surface area contributed by atoms with Crippen LogP contribution in [0.5, 0.6) is 0 Å². The summed E-state index contributed by atoms with van der Waals surface area (Å²) >= 11 is 5.66. The van der Waals surface area contributed by atoms with Crippen molar-refractivity contribution < 1.29 is 8.42 Å². The van der Waals surface area contributed by atoms with Gasteiger partial charge in [0.1, 0.15) is 5.15 Å². The van der Waals surface area contributed by atoms with Crippen LogP contribution in [0.2, 0.25) is 5.15 Å². The van der Waals surface area contributed by atoms with Crippen LogP contribution >= 0.6 is 11.6 Å². The molecule has 0 amide bonds. The molecule has 0 radical (unpaired) electrons. The largest absolute Gasteiger partial charge is 0.323 e. The molecular formula is C14H16ClN3O2S. The van der Waals surface area contributed by atoms with Gasteiger partial charge in [-0.1, -0.05) is 48.0 Å². The lowest BCUT2D eigenvalue weighted by molar-refractivity contribution is 0.571. The molecule has 21 heavy (non-hydrogen) atoms. The first-order valence-electron chi connectivity index (χ1n) is 6.34. The maximum atomic E-state index is 12.0.